The van der Waals surface area contributed by atoms with Crippen LogP contribution in [0.2, 0.25) is 0 Å². The third kappa shape index (κ3) is 4.15. The summed E-state index contributed by atoms with van der Waals surface area (Å²) in [4.78, 5) is 11.7. The number of hydrogen-bond acceptors (Lipinski definition) is 2. The lowest BCUT2D eigenvalue weighted by molar-refractivity contribution is -0.122. The zero-order valence-corrected chi connectivity index (χ0v) is 11.1. The van der Waals surface area contributed by atoms with E-state index in [4.69, 9.17) is 0 Å². The minimum atomic E-state index is -1.29. The van der Waals surface area contributed by atoms with Crippen LogP contribution in [0.5, 0.6) is 0 Å². The van der Waals surface area contributed by atoms with Crippen LogP contribution in [-0.2, 0) is 4.79 Å². The molecule has 0 aliphatic carbocycles. The number of carbonyl (C=O) groups excluding carboxylic acids is 1. The molecule has 0 aliphatic rings. The summed E-state index contributed by atoms with van der Waals surface area (Å²) in [5.74, 6) is -3.77. The molecule has 1 aromatic carbocycles. The highest BCUT2D eigenvalue weighted by Crippen LogP contribution is 2.19. The van der Waals surface area contributed by atoms with Gasteiger partial charge in [-0.2, -0.15) is 0 Å². The second kappa shape index (κ2) is 6.45. The van der Waals surface area contributed by atoms with Gasteiger partial charge in [-0.3, -0.25) is 4.79 Å². The van der Waals surface area contributed by atoms with Gasteiger partial charge in [-0.05, 0) is 20.3 Å². The number of halogens is 3. The summed E-state index contributed by atoms with van der Waals surface area (Å²) in [6.07, 6.45) is 0.751. The van der Waals surface area contributed by atoms with Crippen molar-refractivity contribution in [3.05, 3.63) is 29.6 Å². The van der Waals surface area contributed by atoms with Crippen LogP contribution in [0.3, 0.4) is 0 Å². The molecule has 0 fully saturated rings. The van der Waals surface area contributed by atoms with Gasteiger partial charge in [0.1, 0.15) is 11.9 Å². The van der Waals surface area contributed by atoms with Crippen molar-refractivity contribution in [2.75, 3.05) is 5.32 Å². The van der Waals surface area contributed by atoms with Crippen LogP contribution in [0.1, 0.15) is 27.2 Å². The van der Waals surface area contributed by atoms with Crippen LogP contribution < -0.4 is 10.6 Å². The third-order valence-corrected chi connectivity index (χ3v) is 2.76. The molecule has 0 spiro atoms. The van der Waals surface area contributed by atoms with Gasteiger partial charge in [0.15, 0.2) is 11.6 Å². The van der Waals surface area contributed by atoms with Gasteiger partial charge in [0.25, 0.3) is 0 Å². The zero-order valence-electron chi connectivity index (χ0n) is 11.1. The monoisotopic (exact) mass is 274 g/mol. The molecule has 0 bridgehead atoms. The molecule has 1 rings (SSSR count). The van der Waals surface area contributed by atoms with Gasteiger partial charge in [0.05, 0.1) is 5.69 Å². The van der Waals surface area contributed by atoms with Crippen molar-refractivity contribution in [3.8, 4) is 0 Å². The quantitative estimate of drug-likeness (QED) is 0.811. The van der Waals surface area contributed by atoms with Crippen molar-refractivity contribution in [1.82, 2.24) is 5.32 Å². The number of hydrogen-bond donors (Lipinski definition) is 2. The van der Waals surface area contributed by atoms with Crippen LogP contribution >= 0.6 is 0 Å². The third-order valence-electron chi connectivity index (χ3n) is 2.76. The molecule has 6 heteroatoms. The number of amides is 1. The zero-order chi connectivity index (χ0) is 14.6. The molecule has 106 valence electrons. The van der Waals surface area contributed by atoms with Crippen molar-refractivity contribution in [3.63, 3.8) is 0 Å². The van der Waals surface area contributed by atoms with Crippen LogP contribution in [0.25, 0.3) is 0 Å². The van der Waals surface area contributed by atoms with E-state index < -0.39 is 23.5 Å². The van der Waals surface area contributed by atoms with E-state index >= 15 is 0 Å². The average Bonchev–Trinajstić information content (AvgIpc) is 2.34. The normalized spacial score (nSPS) is 13.8. The molecule has 1 aromatic rings. The first-order chi connectivity index (χ1) is 8.85. The lowest BCUT2D eigenvalue weighted by atomic mass is 10.2. The summed E-state index contributed by atoms with van der Waals surface area (Å²) in [5.41, 5.74) is -0.371. The summed E-state index contributed by atoms with van der Waals surface area (Å²) in [6.45, 7) is 5.22. The Balaban J connectivity index is 2.77. The second-order valence-electron chi connectivity index (χ2n) is 4.43. The molecule has 0 heterocycles. The van der Waals surface area contributed by atoms with E-state index in [-0.39, 0.29) is 17.6 Å². The molecule has 2 atom stereocenters. The highest BCUT2D eigenvalue weighted by Gasteiger charge is 2.18. The molecule has 0 aliphatic heterocycles. The Hall–Kier alpha value is -1.72. The minimum Gasteiger partial charge on any atom is -0.371 e. The number of carbonyl (C=O) groups is 1. The van der Waals surface area contributed by atoms with E-state index in [9.17, 15) is 18.0 Å². The molecule has 0 saturated carbocycles. The molecule has 1 amide bonds. The minimum absolute atomic E-state index is 0.0224. The molecule has 19 heavy (non-hydrogen) atoms. The summed E-state index contributed by atoms with van der Waals surface area (Å²) in [5, 5.41) is 5.14. The number of nitrogens with one attached hydrogen (secondary N) is 2. The van der Waals surface area contributed by atoms with Gasteiger partial charge in [-0.1, -0.05) is 6.92 Å². The first-order valence-corrected chi connectivity index (χ1v) is 6.06. The number of rotatable bonds is 5. The molecule has 3 nitrogen and oxygen atoms in total. The van der Waals surface area contributed by atoms with Gasteiger partial charge in [-0.25, -0.2) is 13.2 Å². The Kier molecular flexibility index (Phi) is 5.20. The fourth-order valence-corrected chi connectivity index (χ4v) is 1.43. The maximum atomic E-state index is 13.4. The van der Waals surface area contributed by atoms with Gasteiger partial charge in [-0.15, -0.1) is 0 Å². The van der Waals surface area contributed by atoms with E-state index in [0.29, 0.717) is 6.07 Å². The fraction of sp³-hybridized carbons (Fsp3) is 0.462. The van der Waals surface area contributed by atoms with Crippen LogP contribution in [0.15, 0.2) is 12.1 Å². The first kappa shape index (κ1) is 15.3. The van der Waals surface area contributed by atoms with Crippen LogP contribution in [0.4, 0.5) is 18.9 Å². The predicted molar refractivity (Wildman–Crippen MR) is 67.3 cm³/mol. The van der Waals surface area contributed by atoms with Crippen molar-refractivity contribution in [2.24, 2.45) is 0 Å². The second-order valence-corrected chi connectivity index (χ2v) is 4.43. The van der Waals surface area contributed by atoms with E-state index in [1.807, 2.05) is 13.8 Å². The smallest absolute Gasteiger partial charge is 0.242 e. The Morgan fingerprint density at radius 1 is 1.26 bits per heavy atom. The van der Waals surface area contributed by atoms with Gasteiger partial charge in [0.2, 0.25) is 5.91 Å². The molecular weight excluding hydrogens is 257 g/mol. The van der Waals surface area contributed by atoms with Crippen LogP contribution in [0, 0.1) is 17.5 Å². The molecular formula is C13H17F3N2O. The van der Waals surface area contributed by atoms with E-state index in [1.165, 1.54) is 6.92 Å². The summed E-state index contributed by atoms with van der Waals surface area (Å²) in [7, 11) is 0. The standard InChI is InChI=1S/C13H17F3N2O/c1-4-7(2)17-13(19)8(3)18-11-6-9(14)5-10(15)12(11)16/h5-8,18H,4H2,1-3H3,(H,17,19). The first-order valence-electron chi connectivity index (χ1n) is 6.06. The Bertz CT molecular complexity index is 465. The summed E-state index contributed by atoms with van der Waals surface area (Å²) >= 11 is 0. The number of anilines is 1. The summed E-state index contributed by atoms with van der Waals surface area (Å²) in [6, 6.07) is 0.436. The van der Waals surface area contributed by atoms with E-state index in [2.05, 4.69) is 10.6 Å². The molecule has 2 N–H and O–H groups in total. The highest BCUT2D eigenvalue weighted by atomic mass is 19.2. The lowest BCUT2D eigenvalue weighted by Gasteiger charge is -2.18. The predicted octanol–water partition coefficient (Wildman–Crippen LogP) is 2.82. The van der Waals surface area contributed by atoms with Crippen molar-refractivity contribution in [1.29, 1.82) is 0 Å². The van der Waals surface area contributed by atoms with E-state index in [0.717, 1.165) is 12.5 Å². The maximum absolute atomic E-state index is 13.4. The summed E-state index contributed by atoms with van der Waals surface area (Å²) < 4.78 is 39.4. The van der Waals surface area contributed by atoms with Crippen molar-refractivity contribution >= 4 is 11.6 Å². The Labute approximate surface area is 110 Å². The molecule has 0 radical (unpaired) electrons. The molecule has 0 aromatic heterocycles. The SMILES string of the molecule is CCC(C)NC(=O)C(C)Nc1cc(F)cc(F)c1F. The topological polar surface area (TPSA) is 41.1 Å². The maximum Gasteiger partial charge on any atom is 0.242 e. The Morgan fingerprint density at radius 3 is 2.47 bits per heavy atom. The van der Waals surface area contributed by atoms with Crippen molar-refractivity contribution < 1.29 is 18.0 Å². The molecule has 2 unspecified atom stereocenters. The number of benzene rings is 1. The average molecular weight is 274 g/mol. The van der Waals surface area contributed by atoms with Crippen LogP contribution in [-0.4, -0.2) is 18.0 Å². The van der Waals surface area contributed by atoms with E-state index in [1.54, 1.807) is 0 Å². The van der Waals surface area contributed by atoms with Crippen molar-refractivity contribution in [2.45, 2.75) is 39.3 Å². The van der Waals surface area contributed by atoms with Gasteiger partial charge in [0, 0.05) is 18.2 Å². The fourth-order valence-electron chi connectivity index (χ4n) is 1.43. The lowest BCUT2D eigenvalue weighted by Crippen LogP contribution is -2.42. The highest BCUT2D eigenvalue weighted by molar-refractivity contribution is 5.84. The Morgan fingerprint density at radius 2 is 1.89 bits per heavy atom. The largest absolute Gasteiger partial charge is 0.371 e. The molecule has 0 saturated heterocycles. The van der Waals surface area contributed by atoms with Gasteiger partial charge < -0.3 is 10.6 Å². The van der Waals surface area contributed by atoms with Gasteiger partial charge >= 0.3 is 0 Å².